The lowest BCUT2D eigenvalue weighted by molar-refractivity contribution is -0.130. The number of aryl methyl sites for hydroxylation is 1. The first-order valence-corrected chi connectivity index (χ1v) is 7.11. The number of piperazine rings is 1. The van der Waals surface area contributed by atoms with Crippen molar-refractivity contribution in [3.8, 4) is 0 Å². The van der Waals surface area contributed by atoms with Gasteiger partial charge in [0, 0.05) is 38.2 Å². The first-order chi connectivity index (χ1) is 9.00. The molecule has 2 rings (SSSR count). The van der Waals surface area contributed by atoms with E-state index in [0.29, 0.717) is 6.54 Å². The number of rotatable bonds is 2. The summed E-state index contributed by atoms with van der Waals surface area (Å²) >= 11 is 3.45. The first-order valence-electron chi connectivity index (χ1n) is 6.32. The predicted molar refractivity (Wildman–Crippen MR) is 79.4 cm³/mol. The van der Waals surface area contributed by atoms with E-state index in [4.69, 9.17) is 0 Å². The summed E-state index contributed by atoms with van der Waals surface area (Å²) in [5.41, 5.74) is 0.937. The van der Waals surface area contributed by atoms with Gasteiger partial charge in [0.05, 0.1) is 5.69 Å². The van der Waals surface area contributed by atoms with Gasteiger partial charge in [-0.1, -0.05) is 0 Å². The number of carbonyl (C=O) groups is 1. The Morgan fingerprint density at radius 1 is 1.53 bits per heavy atom. The maximum Gasteiger partial charge on any atom is 0.246 e. The molecule has 1 saturated heterocycles. The van der Waals surface area contributed by atoms with Gasteiger partial charge in [0.15, 0.2) is 0 Å². The number of anilines is 1. The molecule has 1 unspecified atom stereocenters. The van der Waals surface area contributed by atoms with Gasteiger partial charge in [0.2, 0.25) is 5.91 Å². The molecule has 2 heterocycles. The molecule has 1 aromatic heterocycles. The average Bonchev–Trinajstić information content (AvgIpc) is 2.41. The summed E-state index contributed by atoms with van der Waals surface area (Å²) in [6.07, 6.45) is 0. The van der Waals surface area contributed by atoms with Crippen LogP contribution in [-0.4, -0.2) is 55.6 Å². The van der Waals surface area contributed by atoms with Crippen molar-refractivity contribution >= 4 is 27.7 Å². The molecule has 5 nitrogen and oxygen atoms in total. The van der Waals surface area contributed by atoms with Gasteiger partial charge in [-0.15, -0.1) is 0 Å². The van der Waals surface area contributed by atoms with Crippen molar-refractivity contribution in [2.45, 2.75) is 13.0 Å². The molecule has 1 fully saturated rings. The molecule has 6 heteroatoms. The van der Waals surface area contributed by atoms with Gasteiger partial charge in [-0.25, -0.2) is 4.98 Å². The van der Waals surface area contributed by atoms with Gasteiger partial charge in [-0.3, -0.25) is 4.79 Å². The molecule has 0 aromatic carbocycles. The number of carbonyl (C=O) groups excluding carboxylic acids is 1. The molecule has 1 atom stereocenters. The normalized spacial score (nSPS) is 19.4. The molecule has 1 amide bonds. The molecule has 0 radical (unpaired) electrons. The van der Waals surface area contributed by atoms with Gasteiger partial charge in [-0.05, 0) is 35.0 Å². The lowest BCUT2D eigenvalue weighted by Gasteiger charge is -2.37. The third-order valence-corrected chi connectivity index (χ3v) is 4.11. The van der Waals surface area contributed by atoms with Crippen molar-refractivity contribution in [2.24, 2.45) is 0 Å². The second kappa shape index (κ2) is 5.88. The summed E-state index contributed by atoms with van der Waals surface area (Å²) in [6, 6.07) is 3.76. The zero-order chi connectivity index (χ0) is 14.0. The van der Waals surface area contributed by atoms with Gasteiger partial charge in [-0.2, -0.15) is 0 Å². The molecule has 1 aliphatic rings. The first kappa shape index (κ1) is 14.3. The highest BCUT2D eigenvalue weighted by atomic mass is 79.9. The number of hydrogen-bond donors (Lipinski definition) is 1. The van der Waals surface area contributed by atoms with E-state index in [-0.39, 0.29) is 11.9 Å². The lowest BCUT2D eigenvalue weighted by atomic mass is 10.1. The maximum absolute atomic E-state index is 12.2. The SMILES string of the molecule is Cc1nc(N2CCNCC2C(=O)N(C)C)ccc1Br. The van der Waals surface area contributed by atoms with Crippen molar-refractivity contribution in [2.75, 3.05) is 38.6 Å². The van der Waals surface area contributed by atoms with Crippen molar-refractivity contribution in [1.82, 2.24) is 15.2 Å². The van der Waals surface area contributed by atoms with E-state index in [1.807, 2.05) is 19.1 Å². The van der Waals surface area contributed by atoms with E-state index in [1.54, 1.807) is 19.0 Å². The Morgan fingerprint density at radius 3 is 2.89 bits per heavy atom. The van der Waals surface area contributed by atoms with Crippen LogP contribution in [-0.2, 0) is 4.79 Å². The molecule has 19 heavy (non-hydrogen) atoms. The van der Waals surface area contributed by atoms with Gasteiger partial charge < -0.3 is 15.1 Å². The fourth-order valence-corrected chi connectivity index (χ4v) is 2.41. The summed E-state index contributed by atoms with van der Waals surface area (Å²) in [6.45, 7) is 4.28. The quantitative estimate of drug-likeness (QED) is 0.881. The van der Waals surface area contributed by atoms with Crippen LogP contribution >= 0.6 is 15.9 Å². The van der Waals surface area contributed by atoms with Crippen molar-refractivity contribution in [1.29, 1.82) is 0 Å². The average molecular weight is 327 g/mol. The van der Waals surface area contributed by atoms with Crippen molar-refractivity contribution < 1.29 is 4.79 Å². The molecular weight excluding hydrogens is 308 g/mol. The summed E-state index contributed by atoms with van der Waals surface area (Å²) < 4.78 is 0.988. The number of nitrogens with zero attached hydrogens (tertiary/aromatic N) is 3. The largest absolute Gasteiger partial charge is 0.347 e. The zero-order valence-corrected chi connectivity index (χ0v) is 13.1. The van der Waals surface area contributed by atoms with Crippen LogP contribution in [0.2, 0.25) is 0 Å². The predicted octanol–water partition coefficient (Wildman–Crippen LogP) is 1.02. The summed E-state index contributed by atoms with van der Waals surface area (Å²) in [5.74, 6) is 0.969. The molecule has 1 aliphatic heterocycles. The van der Waals surface area contributed by atoms with Crippen LogP contribution < -0.4 is 10.2 Å². The minimum absolute atomic E-state index is 0.106. The number of nitrogens with one attached hydrogen (secondary N) is 1. The van der Waals surface area contributed by atoms with E-state index in [9.17, 15) is 4.79 Å². The van der Waals surface area contributed by atoms with Crippen LogP contribution in [0, 0.1) is 6.92 Å². The summed E-state index contributed by atoms with van der Waals surface area (Å²) in [5, 5.41) is 3.27. The summed E-state index contributed by atoms with van der Waals surface area (Å²) in [7, 11) is 3.57. The molecule has 104 valence electrons. The minimum Gasteiger partial charge on any atom is -0.347 e. The number of amides is 1. The number of halogens is 1. The van der Waals surface area contributed by atoms with Crippen LogP contribution in [0.5, 0.6) is 0 Å². The van der Waals surface area contributed by atoms with E-state index in [0.717, 1.165) is 29.1 Å². The molecule has 0 aliphatic carbocycles. The molecule has 0 spiro atoms. The fraction of sp³-hybridized carbons (Fsp3) is 0.538. The van der Waals surface area contributed by atoms with E-state index in [1.165, 1.54) is 0 Å². The standard InChI is InChI=1S/C13H19BrN4O/c1-9-10(14)4-5-12(16-9)18-7-6-15-8-11(18)13(19)17(2)3/h4-5,11,15H,6-8H2,1-3H3. The third kappa shape index (κ3) is 3.06. The van der Waals surface area contributed by atoms with Crippen LogP contribution in [0.1, 0.15) is 5.69 Å². The number of likely N-dealkylation sites (N-methyl/N-ethyl adjacent to an activating group) is 1. The van der Waals surface area contributed by atoms with Crippen LogP contribution in [0.25, 0.3) is 0 Å². The van der Waals surface area contributed by atoms with Gasteiger partial charge >= 0.3 is 0 Å². The van der Waals surface area contributed by atoms with Crippen LogP contribution in [0.3, 0.4) is 0 Å². The van der Waals surface area contributed by atoms with Gasteiger partial charge in [0.1, 0.15) is 11.9 Å². The van der Waals surface area contributed by atoms with Crippen molar-refractivity contribution in [3.05, 3.63) is 22.3 Å². The molecular formula is C13H19BrN4O. The lowest BCUT2D eigenvalue weighted by Crippen LogP contribution is -2.58. The number of pyridine rings is 1. The highest BCUT2D eigenvalue weighted by Crippen LogP contribution is 2.21. The van der Waals surface area contributed by atoms with E-state index < -0.39 is 0 Å². The number of aromatic nitrogens is 1. The van der Waals surface area contributed by atoms with E-state index >= 15 is 0 Å². The van der Waals surface area contributed by atoms with Gasteiger partial charge in [0.25, 0.3) is 0 Å². The molecule has 0 bridgehead atoms. The third-order valence-electron chi connectivity index (χ3n) is 3.27. The van der Waals surface area contributed by atoms with Crippen LogP contribution in [0.15, 0.2) is 16.6 Å². The Morgan fingerprint density at radius 2 is 2.26 bits per heavy atom. The highest BCUT2D eigenvalue weighted by molar-refractivity contribution is 9.10. The Labute approximate surface area is 122 Å². The molecule has 0 saturated carbocycles. The Bertz CT molecular complexity index is 478. The molecule has 1 N–H and O–H groups in total. The Kier molecular flexibility index (Phi) is 4.42. The summed E-state index contributed by atoms with van der Waals surface area (Å²) in [4.78, 5) is 20.5. The second-order valence-electron chi connectivity index (χ2n) is 4.88. The second-order valence-corrected chi connectivity index (χ2v) is 5.74. The topological polar surface area (TPSA) is 48.5 Å². The number of hydrogen-bond acceptors (Lipinski definition) is 4. The molecule has 1 aromatic rings. The Balaban J connectivity index is 2.28. The fourth-order valence-electron chi connectivity index (χ4n) is 2.19. The maximum atomic E-state index is 12.2. The highest BCUT2D eigenvalue weighted by Gasteiger charge is 2.30. The minimum atomic E-state index is -0.183. The Hall–Kier alpha value is -1.14. The zero-order valence-electron chi connectivity index (χ0n) is 11.5. The van der Waals surface area contributed by atoms with Crippen molar-refractivity contribution in [3.63, 3.8) is 0 Å². The monoisotopic (exact) mass is 326 g/mol. The smallest absolute Gasteiger partial charge is 0.246 e. The van der Waals surface area contributed by atoms with E-state index in [2.05, 4.69) is 31.1 Å². The van der Waals surface area contributed by atoms with Crippen LogP contribution in [0.4, 0.5) is 5.82 Å².